The van der Waals surface area contributed by atoms with Gasteiger partial charge in [-0.15, -0.1) is 11.3 Å². The first kappa shape index (κ1) is 14.7. The van der Waals surface area contributed by atoms with E-state index in [-0.39, 0.29) is 11.6 Å². The number of hydrogen-bond acceptors (Lipinski definition) is 4. The van der Waals surface area contributed by atoms with E-state index in [2.05, 4.69) is 26.2 Å². The highest BCUT2D eigenvalue weighted by molar-refractivity contribution is 9.10. The van der Waals surface area contributed by atoms with Crippen LogP contribution in [0.3, 0.4) is 0 Å². The summed E-state index contributed by atoms with van der Waals surface area (Å²) in [7, 11) is 0. The quantitative estimate of drug-likeness (QED) is 0.882. The number of nitrogens with one attached hydrogen (secondary N) is 1. The molecule has 20 heavy (non-hydrogen) atoms. The second-order valence-electron chi connectivity index (χ2n) is 4.09. The number of nitrogens with zero attached hydrogens (tertiary/aromatic N) is 1. The molecule has 1 amide bonds. The summed E-state index contributed by atoms with van der Waals surface area (Å²) < 4.78 is 0.926. The van der Waals surface area contributed by atoms with Crippen LogP contribution in [-0.2, 0) is 4.79 Å². The number of thiazole rings is 1. The van der Waals surface area contributed by atoms with Crippen molar-refractivity contribution >= 4 is 44.8 Å². The number of carbonyl (C=O) groups is 2. The topological polar surface area (TPSA) is 79.3 Å². The summed E-state index contributed by atoms with van der Waals surface area (Å²) in [4.78, 5) is 26.8. The molecule has 0 fully saturated rings. The van der Waals surface area contributed by atoms with Crippen LogP contribution >= 0.6 is 27.3 Å². The summed E-state index contributed by atoms with van der Waals surface area (Å²) in [6.45, 7) is 1.69. The highest BCUT2D eigenvalue weighted by Crippen LogP contribution is 2.22. The monoisotopic (exact) mass is 354 g/mol. The lowest BCUT2D eigenvalue weighted by atomic mass is 10.1. The van der Waals surface area contributed by atoms with Gasteiger partial charge < -0.3 is 10.4 Å². The van der Waals surface area contributed by atoms with Gasteiger partial charge in [-0.25, -0.2) is 9.78 Å². The largest absolute Gasteiger partial charge is 0.476 e. The number of aromatic carboxylic acids is 1. The Labute approximate surface area is 127 Å². The Hall–Kier alpha value is -1.73. The lowest BCUT2D eigenvalue weighted by Crippen LogP contribution is -2.18. The number of aromatic nitrogens is 1. The zero-order chi connectivity index (χ0) is 14.7. The Morgan fingerprint density at radius 1 is 1.35 bits per heavy atom. The molecule has 0 saturated heterocycles. The van der Waals surface area contributed by atoms with Crippen molar-refractivity contribution in [1.82, 2.24) is 4.98 Å². The third-order valence-electron chi connectivity index (χ3n) is 2.62. The number of carbonyl (C=O) groups excluding carboxylic acids is 1. The van der Waals surface area contributed by atoms with Gasteiger partial charge in [0.15, 0.2) is 5.69 Å². The van der Waals surface area contributed by atoms with Crippen molar-refractivity contribution in [2.75, 3.05) is 5.32 Å². The van der Waals surface area contributed by atoms with E-state index < -0.39 is 11.9 Å². The van der Waals surface area contributed by atoms with Crippen molar-refractivity contribution < 1.29 is 14.7 Å². The van der Waals surface area contributed by atoms with Crippen LogP contribution in [0.4, 0.5) is 5.69 Å². The normalized spacial score (nSPS) is 11.9. The third kappa shape index (κ3) is 3.43. The summed E-state index contributed by atoms with van der Waals surface area (Å²) in [5.41, 5.74) is 0.647. The van der Waals surface area contributed by atoms with Gasteiger partial charge in [-0.3, -0.25) is 4.79 Å². The minimum atomic E-state index is -1.09. The highest BCUT2D eigenvalue weighted by Gasteiger charge is 2.20. The number of hydrogen-bond donors (Lipinski definition) is 2. The Morgan fingerprint density at radius 2 is 2.00 bits per heavy atom. The molecule has 1 aromatic carbocycles. The van der Waals surface area contributed by atoms with Crippen LogP contribution in [0.25, 0.3) is 0 Å². The van der Waals surface area contributed by atoms with Gasteiger partial charge in [0.05, 0.1) is 5.92 Å². The van der Waals surface area contributed by atoms with E-state index in [1.54, 1.807) is 19.1 Å². The molecule has 0 bridgehead atoms. The minimum Gasteiger partial charge on any atom is -0.476 e. The molecule has 0 aliphatic carbocycles. The van der Waals surface area contributed by atoms with E-state index in [4.69, 9.17) is 5.11 Å². The van der Waals surface area contributed by atoms with E-state index in [0.717, 1.165) is 4.47 Å². The Bertz CT molecular complexity index is 639. The second kappa shape index (κ2) is 6.15. The van der Waals surface area contributed by atoms with Crippen LogP contribution in [0, 0.1) is 0 Å². The average Bonchev–Trinajstić information content (AvgIpc) is 2.90. The zero-order valence-corrected chi connectivity index (χ0v) is 12.9. The van der Waals surface area contributed by atoms with Crippen LogP contribution in [0.5, 0.6) is 0 Å². The van der Waals surface area contributed by atoms with Gasteiger partial charge in [0.2, 0.25) is 5.91 Å². The van der Waals surface area contributed by atoms with Crippen molar-refractivity contribution in [2.45, 2.75) is 12.8 Å². The van der Waals surface area contributed by atoms with E-state index in [0.29, 0.717) is 10.7 Å². The predicted octanol–water partition coefficient (Wildman–Crippen LogP) is 3.35. The molecule has 0 radical (unpaired) electrons. The van der Waals surface area contributed by atoms with Crippen LogP contribution in [0.1, 0.15) is 28.3 Å². The molecule has 0 saturated carbocycles. The minimum absolute atomic E-state index is 0.0340. The molecular formula is C13H11BrN2O3S. The van der Waals surface area contributed by atoms with E-state index in [9.17, 15) is 9.59 Å². The molecule has 5 nitrogen and oxygen atoms in total. The number of benzene rings is 1. The molecule has 2 aromatic rings. The molecule has 1 atom stereocenters. The fourth-order valence-corrected chi connectivity index (χ4v) is 2.59. The van der Waals surface area contributed by atoms with Crippen molar-refractivity contribution in [3.8, 4) is 0 Å². The molecule has 1 unspecified atom stereocenters. The molecule has 7 heteroatoms. The smallest absolute Gasteiger partial charge is 0.355 e. The Kier molecular flexibility index (Phi) is 4.51. The highest BCUT2D eigenvalue weighted by atomic mass is 79.9. The Balaban J connectivity index is 2.07. The fraction of sp³-hybridized carbons (Fsp3) is 0.154. The number of halogens is 1. The number of carboxylic acids is 1. The zero-order valence-electron chi connectivity index (χ0n) is 10.5. The summed E-state index contributed by atoms with van der Waals surface area (Å²) in [5.74, 6) is -1.82. The fourth-order valence-electron chi connectivity index (χ4n) is 1.48. The first-order valence-corrected chi connectivity index (χ1v) is 7.40. The van der Waals surface area contributed by atoms with Gasteiger partial charge in [-0.05, 0) is 31.2 Å². The molecule has 1 aromatic heterocycles. The maximum Gasteiger partial charge on any atom is 0.355 e. The third-order valence-corrected chi connectivity index (χ3v) is 4.17. The van der Waals surface area contributed by atoms with Crippen molar-refractivity contribution in [3.63, 3.8) is 0 Å². The summed E-state index contributed by atoms with van der Waals surface area (Å²) >= 11 is 4.48. The number of carboxylic acid groups (broad SMARTS) is 1. The van der Waals surface area contributed by atoms with Gasteiger partial charge in [0, 0.05) is 15.5 Å². The molecule has 1 heterocycles. The van der Waals surface area contributed by atoms with E-state index in [1.165, 1.54) is 16.7 Å². The lowest BCUT2D eigenvalue weighted by Gasteiger charge is -2.09. The second-order valence-corrected chi connectivity index (χ2v) is 5.90. The molecule has 0 aliphatic rings. The number of anilines is 1. The molecule has 0 spiro atoms. The molecule has 2 N–H and O–H groups in total. The average molecular weight is 355 g/mol. The first-order chi connectivity index (χ1) is 9.47. The molecule has 2 rings (SSSR count). The Morgan fingerprint density at radius 3 is 2.55 bits per heavy atom. The standard InChI is InChI=1S/C13H11BrN2O3S/c1-7(12-16-10(6-20-12)13(18)19)11(17)15-9-4-2-8(14)3-5-9/h2-7H,1H3,(H,15,17)(H,18,19). The first-order valence-electron chi connectivity index (χ1n) is 5.72. The predicted molar refractivity (Wildman–Crippen MR) is 80.3 cm³/mol. The lowest BCUT2D eigenvalue weighted by molar-refractivity contribution is -0.117. The molecule has 0 aliphatic heterocycles. The van der Waals surface area contributed by atoms with E-state index >= 15 is 0 Å². The van der Waals surface area contributed by atoms with E-state index in [1.807, 2.05) is 12.1 Å². The van der Waals surface area contributed by atoms with Crippen molar-refractivity contribution in [1.29, 1.82) is 0 Å². The number of amides is 1. The van der Waals surface area contributed by atoms with Crippen molar-refractivity contribution in [2.24, 2.45) is 0 Å². The van der Waals surface area contributed by atoms with Gasteiger partial charge in [0.1, 0.15) is 5.01 Å². The SMILES string of the molecule is CC(C(=O)Nc1ccc(Br)cc1)c1nc(C(=O)O)cs1. The maximum absolute atomic E-state index is 12.1. The van der Waals surface area contributed by atoms with Gasteiger partial charge in [-0.1, -0.05) is 15.9 Å². The van der Waals surface area contributed by atoms with Gasteiger partial charge in [-0.2, -0.15) is 0 Å². The molecule has 104 valence electrons. The van der Waals surface area contributed by atoms with Gasteiger partial charge in [0.25, 0.3) is 0 Å². The van der Waals surface area contributed by atoms with Crippen LogP contribution in [-0.4, -0.2) is 22.0 Å². The summed E-state index contributed by atoms with van der Waals surface area (Å²) in [5, 5.41) is 13.5. The van der Waals surface area contributed by atoms with Gasteiger partial charge >= 0.3 is 5.97 Å². The summed E-state index contributed by atoms with van der Waals surface area (Å²) in [6.07, 6.45) is 0. The molecular weight excluding hydrogens is 344 g/mol. The van der Waals surface area contributed by atoms with Crippen LogP contribution in [0.15, 0.2) is 34.1 Å². The maximum atomic E-state index is 12.1. The van der Waals surface area contributed by atoms with Crippen LogP contribution in [0.2, 0.25) is 0 Å². The summed E-state index contributed by atoms with van der Waals surface area (Å²) in [6, 6.07) is 7.21. The number of rotatable bonds is 4. The van der Waals surface area contributed by atoms with Crippen LogP contribution < -0.4 is 5.32 Å². The van der Waals surface area contributed by atoms with Crippen molar-refractivity contribution in [3.05, 3.63) is 44.8 Å².